The number of thioether (sulfide) groups is 1. The van der Waals surface area contributed by atoms with E-state index in [9.17, 15) is 0 Å². The van der Waals surface area contributed by atoms with E-state index < -0.39 is 0 Å². The lowest BCUT2D eigenvalue weighted by Gasteiger charge is -2.11. The van der Waals surface area contributed by atoms with Gasteiger partial charge in [-0.3, -0.25) is 0 Å². The molecule has 1 rings (SSSR count). The Bertz CT molecular complexity index is 260. The first-order valence-corrected chi connectivity index (χ1v) is 6.26. The van der Waals surface area contributed by atoms with Crippen LogP contribution in [0.15, 0.2) is 12.4 Å². The Labute approximate surface area is 90.1 Å². The van der Waals surface area contributed by atoms with E-state index in [1.807, 2.05) is 24.2 Å². The Hall–Kier alpha value is -0.480. The maximum atomic E-state index is 6.00. The fourth-order valence-electron chi connectivity index (χ4n) is 1.38. The zero-order chi connectivity index (χ0) is 10.4. The third-order valence-corrected chi connectivity index (χ3v) is 3.20. The molecule has 0 spiro atoms. The SMILES string of the molecule is CCSCC(N)Cc1nccn1CC. The van der Waals surface area contributed by atoms with E-state index in [4.69, 9.17) is 5.73 Å². The van der Waals surface area contributed by atoms with Crippen molar-refractivity contribution in [2.75, 3.05) is 11.5 Å². The monoisotopic (exact) mass is 213 g/mol. The van der Waals surface area contributed by atoms with Crippen molar-refractivity contribution in [3.05, 3.63) is 18.2 Å². The van der Waals surface area contributed by atoms with E-state index in [1.54, 1.807) is 0 Å². The number of aromatic nitrogens is 2. The van der Waals surface area contributed by atoms with Gasteiger partial charge in [0.15, 0.2) is 0 Å². The average molecular weight is 213 g/mol. The molecule has 1 atom stereocenters. The largest absolute Gasteiger partial charge is 0.335 e. The molecule has 0 aliphatic rings. The summed E-state index contributed by atoms with van der Waals surface area (Å²) in [5.74, 6) is 3.26. The fourth-order valence-corrected chi connectivity index (χ4v) is 2.04. The van der Waals surface area contributed by atoms with Crippen LogP contribution in [0.1, 0.15) is 19.7 Å². The normalized spacial score (nSPS) is 13.1. The van der Waals surface area contributed by atoms with Crippen molar-refractivity contribution in [2.45, 2.75) is 32.9 Å². The number of imidazole rings is 1. The second-order valence-corrected chi connectivity index (χ2v) is 4.57. The zero-order valence-electron chi connectivity index (χ0n) is 8.94. The van der Waals surface area contributed by atoms with Gasteiger partial charge in [0, 0.05) is 37.2 Å². The van der Waals surface area contributed by atoms with Crippen LogP contribution in [-0.2, 0) is 13.0 Å². The topological polar surface area (TPSA) is 43.8 Å². The minimum atomic E-state index is 0.229. The lowest BCUT2D eigenvalue weighted by atomic mass is 10.2. The summed E-state index contributed by atoms with van der Waals surface area (Å²) in [6.45, 7) is 5.25. The number of nitrogens with two attached hydrogens (primary N) is 1. The number of nitrogens with zero attached hydrogens (tertiary/aromatic N) is 2. The van der Waals surface area contributed by atoms with Crippen LogP contribution in [0, 0.1) is 0 Å². The van der Waals surface area contributed by atoms with Crippen molar-refractivity contribution >= 4 is 11.8 Å². The molecular weight excluding hydrogens is 194 g/mol. The van der Waals surface area contributed by atoms with Gasteiger partial charge < -0.3 is 10.3 Å². The molecule has 0 bridgehead atoms. The predicted molar refractivity (Wildman–Crippen MR) is 62.6 cm³/mol. The first kappa shape index (κ1) is 11.6. The quantitative estimate of drug-likeness (QED) is 0.779. The molecule has 14 heavy (non-hydrogen) atoms. The molecule has 4 heteroatoms. The number of hydrogen-bond acceptors (Lipinski definition) is 3. The van der Waals surface area contributed by atoms with Crippen molar-refractivity contribution < 1.29 is 0 Å². The van der Waals surface area contributed by atoms with Crippen LogP contribution in [0.25, 0.3) is 0 Å². The molecule has 0 saturated heterocycles. The van der Waals surface area contributed by atoms with E-state index in [-0.39, 0.29) is 6.04 Å². The summed E-state index contributed by atoms with van der Waals surface area (Å²) < 4.78 is 2.15. The first-order valence-electron chi connectivity index (χ1n) is 5.11. The molecule has 1 aromatic heterocycles. The van der Waals surface area contributed by atoms with Gasteiger partial charge in [-0.25, -0.2) is 4.98 Å². The summed E-state index contributed by atoms with van der Waals surface area (Å²) in [6.07, 6.45) is 4.74. The number of rotatable bonds is 6. The maximum Gasteiger partial charge on any atom is 0.110 e. The Morgan fingerprint density at radius 2 is 2.36 bits per heavy atom. The Kier molecular flexibility index (Phi) is 5.04. The molecule has 0 aliphatic carbocycles. The number of hydrogen-bond donors (Lipinski definition) is 1. The summed E-state index contributed by atoms with van der Waals surface area (Å²) >= 11 is 1.89. The molecule has 0 radical (unpaired) electrons. The average Bonchev–Trinajstić information content (AvgIpc) is 2.62. The van der Waals surface area contributed by atoms with Gasteiger partial charge in [-0.2, -0.15) is 11.8 Å². The van der Waals surface area contributed by atoms with E-state index in [0.717, 1.165) is 30.3 Å². The van der Waals surface area contributed by atoms with Crippen molar-refractivity contribution in [3.8, 4) is 0 Å². The van der Waals surface area contributed by atoms with Gasteiger partial charge >= 0.3 is 0 Å². The smallest absolute Gasteiger partial charge is 0.110 e. The second-order valence-electron chi connectivity index (χ2n) is 3.25. The maximum absolute atomic E-state index is 6.00. The third kappa shape index (κ3) is 3.35. The highest BCUT2D eigenvalue weighted by Gasteiger charge is 2.07. The molecule has 1 heterocycles. The lowest BCUT2D eigenvalue weighted by Crippen LogP contribution is -2.27. The van der Waals surface area contributed by atoms with Gasteiger partial charge in [0.2, 0.25) is 0 Å². The summed E-state index contributed by atoms with van der Waals surface area (Å²) in [5.41, 5.74) is 6.00. The van der Waals surface area contributed by atoms with Gasteiger partial charge in [-0.15, -0.1) is 0 Å². The van der Waals surface area contributed by atoms with E-state index >= 15 is 0 Å². The highest BCUT2D eigenvalue weighted by molar-refractivity contribution is 7.99. The molecule has 1 unspecified atom stereocenters. The molecular formula is C10H19N3S. The van der Waals surface area contributed by atoms with Crippen molar-refractivity contribution in [3.63, 3.8) is 0 Å². The standard InChI is InChI=1S/C10H19N3S/c1-3-13-6-5-12-10(13)7-9(11)8-14-4-2/h5-6,9H,3-4,7-8,11H2,1-2H3. The minimum absolute atomic E-state index is 0.229. The van der Waals surface area contributed by atoms with Gasteiger partial charge in [0.05, 0.1) is 0 Å². The second kappa shape index (κ2) is 6.09. The highest BCUT2D eigenvalue weighted by Crippen LogP contribution is 2.06. The highest BCUT2D eigenvalue weighted by atomic mass is 32.2. The van der Waals surface area contributed by atoms with Crippen LogP contribution in [0.4, 0.5) is 0 Å². The molecule has 0 aromatic carbocycles. The molecule has 0 aliphatic heterocycles. The van der Waals surface area contributed by atoms with Gasteiger partial charge in [0.1, 0.15) is 5.82 Å². The van der Waals surface area contributed by atoms with Crippen LogP contribution in [0.3, 0.4) is 0 Å². The van der Waals surface area contributed by atoms with Gasteiger partial charge in [-0.05, 0) is 12.7 Å². The molecule has 3 nitrogen and oxygen atoms in total. The van der Waals surface area contributed by atoms with E-state index in [1.165, 1.54) is 0 Å². The summed E-state index contributed by atoms with van der Waals surface area (Å²) in [5, 5.41) is 0. The first-order chi connectivity index (χ1) is 6.77. The van der Waals surface area contributed by atoms with Crippen LogP contribution >= 0.6 is 11.8 Å². The molecule has 0 saturated carbocycles. The summed E-state index contributed by atoms with van der Waals surface area (Å²) in [4.78, 5) is 4.31. The molecule has 0 amide bonds. The van der Waals surface area contributed by atoms with Crippen molar-refractivity contribution in [1.82, 2.24) is 9.55 Å². The Balaban J connectivity index is 2.42. The zero-order valence-corrected chi connectivity index (χ0v) is 9.76. The lowest BCUT2D eigenvalue weighted by molar-refractivity contribution is 0.641. The van der Waals surface area contributed by atoms with Crippen LogP contribution < -0.4 is 5.73 Å². The van der Waals surface area contributed by atoms with Crippen LogP contribution in [0.5, 0.6) is 0 Å². The van der Waals surface area contributed by atoms with Crippen molar-refractivity contribution in [1.29, 1.82) is 0 Å². The predicted octanol–water partition coefficient (Wildman–Crippen LogP) is 1.53. The van der Waals surface area contributed by atoms with Gasteiger partial charge in [-0.1, -0.05) is 6.92 Å². The van der Waals surface area contributed by atoms with E-state index in [2.05, 4.69) is 23.4 Å². The van der Waals surface area contributed by atoms with Crippen LogP contribution in [0.2, 0.25) is 0 Å². The number of aryl methyl sites for hydroxylation is 1. The summed E-state index contributed by atoms with van der Waals surface area (Å²) in [6, 6.07) is 0.229. The Morgan fingerprint density at radius 1 is 1.57 bits per heavy atom. The molecule has 2 N–H and O–H groups in total. The molecule has 80 valence electrons. The third-order valence-electron chi connectivity index (χ3n) is 2.12. The van der Waals surface area contributed by atoms with Gasteiger partial charge in [0.25, 0.3) is 0 Å². The van der Waals surface area contributed by atoms with E-state index in [0.29, 0.717) is 0 Å². The fraction of sp³-hybridized carbons (Fsp3) is 0.700. The summed E-state index contributed by atoms with van der Waals surface area (Å²) in [7, 11) is 0. The molecule has 0 fully saturated rings. The van der Waals surface area contributed by atoms with Crippen LogP contribution in [-0.4, -0.2) is 27.1 Å². The van der Waals surface area contributed by atoms with Crippen molar-refractivity contribution in [2.24, 2.45) is 5.73 Å². The Morgan fingerprint density at radius 3 is 3.00 bits per heavy atom. The minimum Gasteiger partial charge on any atom is -0.335 e. The molecule has 1 aromatic rings.